The van der Waals surface area contributed by atoms with E-state index in [1.54, 1.807) is 0 Å². The Morgan fingerprint density at radius 3 is 2.33 bits per heavy atom. The van der Waals surface area contributed by atoms with Gasteiger partial charge in [0.05, 0.1) is 5.92 Å². The van der Waals surface area contributed by atoms with Crippen molar-refractivity contribution < 1.29 is 14.3 Å². The number of esters is 1. The van der Waals surface area contributed by atoms with Crippen molar-refractivity contribution in [1.82, 2.24) is 9.13 Å². The molecular weight excluding hydrogens is 386 g/mol. The fourth-order valence-corrected chi connectivity index (χ4v) is 3.38. The number of nitrogens with zero attached hydrogens (tertiary/aromatic N) is 2. The summed E-state index contributed by atoms with van der Waals surface area (Å²) >= 11 is 0. The summed E-state index contributed by atoms with van der Waals surface area (Å²) in [4.78, 5) is 50.2. The Bertz CT molecular complexity index is 1020. The number of anilines is 1. The second kappa shape index (κ2) is 10.0. The van der Waals surface area contributed by atoms with E-state index in [2.05, 4.69) is 0 Å². The van der Waals surface area contributed by atoms with Gasteiger partial charge in [0.2, 0.25) is 5.78 Å². The Morgan fingerprint density at radius 1 is 1.13 bits per heavy atom. The van der Waals surface area contributed by atoms with Crippen LogP contribution in [0.1, 0.15) is 55.5 Å². The molecule has 2 rings (SSSR count). The molecule has 0 spiro atoms. The van der Waals surface area contributed by atoms with Crippen LogP contribution in [0.2, 0.25) is 0 Å². The van der Waals surface area contributed by atoms with Crippen molar-refractivity contribution in [2.75, 3.05) is 12.3 Å². The first kappa shape index (κ1) is 23.1. The number of nitrogens with two attached hydrogens (primary N) is 1. The van der Waals surface area contributed by atoms with Gasteiger partial charge in [-0.25, -0.2) is 4.79 Å². The van der Waals surface area contributed by atoms with E-state index in [1.165, 1.54) is 11.6 Å². The van der Waals surface area contributed by atoms with Crippen molar-refractivity contribution in [3.63, 3.8) is 0 Å². The first-order valence-corrected chi connectivity index (χ1v) is 10.1. The lowest BCUT2D eigenvalue weighted by molar-refractivity contribution is -0.145. The zero-order valence-electron chi connectivity index (χ0n) is 17.9. The Kier molecular flexibility index (Phi) is 7.74. The summed E-state index contributed by atoms with van der Waals surface area (Å²) in [6.45, 7) is 5.40. The maximum absolute atomic E-state index is 12.8. The molecule has 30 heavy (non-hydrogen) atoms. The van der Waals surface area contributed by atoms with Crippen LogP contribution >= 0.6 is 0 Å². The zero-order chi connectivity index (χ0) is 22.4. The maximum atomic E-state index is 12.8. The molecule has 0 fully saturated rings. The average molecular weight is 415 g/mol. The van der Waals surface area contributed by atoms with Gasteiger partial charge in [0, 0.05) is 13.6 Å². The summed E-state index contributed by atoms with van der Waals surface area (Å²) < 4.78 is 7.32. The van der Waals surface area contributed by atoms with Gasteiger partial charge in [-0.15, -0.1) is 0 Å². The molecule has 0 aliphatic rings. The molecule has 2 aromatic rings. The fourth-order valence-electron chi connectivity index (χ4n) is 3.38. The molecule has 162 valence electrons. The lowest BCUT2D eigenvalue weighted by Gasteiger charge is -2.22. The highest BCUT2D eigenvalue weighted by molar-refractivity contribution is 6.01. The number of hydrogen-bond acceptors (Lipinski definition) is 6. The fraction of sp³-hybridized carbons (Fsp3) is 0.455. The zero-order valence-corrected chi connectivity index (χ0v) is 17.9. The first-order chi connectivity index (χ1) is 14.2. The third kappa shape index (κ3) is 4.69. The third-order valence-electron chi connectivity index (χ3n) is 5.28. The summed E-state index contributed by atoms with van der Waals surface area (Å²) in [6.07, 6.45) is 1.34. The van der Waals surface area contributed by atoms with E-state index in [4.69, 9.17) is 10.5 Å². The van der Waals surface area contributed by atoms with E-state index < -0.39 is 35.5 Å². The van der Waals surface area contributed by atoms with Crippen molar-refractivity contribution >= 4 is 17.6 Å². The summed E-state index contributed by atoms with van der Waals surface area (Å²) in [7, 11) is 1.29. The van der Waals surface area contributed by atoms with Crippen LogP contribution in [0.4, 0.5) is 5.82 Å². The van der Waals surface area contributed by atoms with Gasteiger partial charge in [-0.3, -0.25) is 23.5 Å². The molecule has 0 saturated carbocycles. The first-order valence-electron chi connectivity index (χ1n) is 10.1. The van der Waals surface area contributed by atoms with Crippen molar-refractivity contribution in [1.29, 1.82) is 0 Å². The Balaban J connectivity index is 2.29. The summed E-state index contributed by atoms with van der Waals surface area (Å²) in [6, 6.07) is 9.22. The lowest BCUT2D eigenvalue weighted by Crippen LogP contribution is -2.43. The second-order valence-electron chi connectivity index (χ2n) is 7.36. The van der Waals surface area contributed by atoms with E-state index in [9.17, 15) is 19.2 Å². The molecular formula is C22H29N3O5. The molecule has 0 aliphatic heterocycles. The molecule has 1 aromatic heterocycles. The molecule has 0 saturated heterocycles. The van der Waals surface area contributed by atoms with E-state index in [1.807, 2.05) is 51.1 Å². The number of carbonyl (C=O) groups is 2. The largest absolute Gasteiger partial charge is 0.457 e. The van der Waals surface area contributed by atoms with Gasteiger partial charge in [0.1, 0.15) is 11.4 Å². The van der Waals surface area contributed by atoms with Crippen LogP contribution in [0.25, 0.3) is 0 Å². The van der Waals surface area contributed by atoms with Crippen LogP contribution in [0.15, 0.2) is 39.9 Å². The molecule has 0 radical (unpaired) electrons. The van der Waals surface area contributed by atoms with Crippen LogP contribution in [0, 0.1) is 5.92 Å². The molecule has 0 bridgehead atoms. The van der Waals surface area contributed by atoms with Crippen molar-refractivity contribution in [3.05, 3.63) is 62.3 Å². The number of Topliss-reactive ketones (excluding diaryl/α,β-unsaturated/α-hetero) is 1. The quantitative estimate of drug-likeness (QED) is 0.496. The van der Waals surface area contributed by atoms with Crippen molar-refractivity contribution in [2.24, 2.45) is 13.0 Å². The smallest absolute Gasteiger partial charge is 0.332 e. The number of benzene rings is 1. The minimum atomic E-state index is -0.799. The number of ether oxygens (including phenoxy) is 1. The highest BCUT2D eigenvalue weighted by Gasteiger charge is 2.29. The molecule has 0 unspecified atom stereocenters. The Hall–Kier alpha value is -3.16. The summed E-state index contributed by atoms with van der Waals surface area (Å²) in [5.74, 6) is -2.01. The number of rotatable bonds is 9. The van der Waals surface area contributed by atoms with Gasteiger partial charge in [0.25, 0.3) is 5.56 Å². The SMILES string of the molecule is CCCn1c(N)c(C(=O)COC(=O)[C@@H](c2ccccc2)[C@H](C)CC)c(=O)n(C)c1=O. The Labute approximate surface area is 175 Å². The highest BCUT2D eigenvalue weighted by Crippen LogP contribution is 2.28. The molecule has 2 N–H and O–H groups in total. The minimum Gasteiger partial charge on any atom is -0.457 e. The molecule has 0 aliphatic carbocycles. The Morgan fingerprint density at radius 2 is 1.77 bits per heavy atom. The van der Waals surface area contributed by atoms with Crippen molar-refractivity contribution in [3.8, 4) is 0 Å². The standard InChI is InChI=1S/C22H29N3O5/c1-5-12-25-19(23)18(20(27)24(4)22(25)29)16(26)13-30-21(28)17(14(3)6-2)15-10-8-7-9-11-15/h7-11,14,17H,5-6,12-13,23H2,1-4H3/t14-,17-/m1/s1. The van der Waals surface area contributed by atoms with E-state index >= 15 is 0 Å². The number of ketones is 1. The average Bonchev–Trinajstić information content (AvgIpc) is 2.74. The van der Waals surface area contributed by atoms with Gasteiger partial charge in [-0.05, 0) is 17.9 Å². The van der Waals surface area contributed by atoms with Crippen LogP contribution < -0.4 is 17.0 Å². The van der Waals surface area contributed by atoms with Crippen LogP contribution in [0.5, 0.6) is 0 Å². The van der Waals surface area contributed by atoms with E-state index in [0.29, 0.717) is 6.42 Å². The van der Waals surface area contributed by atoms with Gasteiger partial charge < -0.3 is 10.5 Å². The van der Waals surface area contributed by atoms with Crippen molar-refractivity contribution in [2.45, 2.75) is 46.1 Å². The second-order valence-corrected chi connectivity index (χ2v) is 7.36. The number of aromatic nitrogens is 2. The van der Waals surface area contributed by atoms with Gasteiger partial charge in [-0.2, -0.15) is 0 Å². The van der Waals surface area contributed by atoms with Crippen LogP contribution in [-0.2, 0) is 23.1 Å². The minimum absolute atomic E-state index is 0.000555. The van der Waals surface area contributed by atoms with Gasteiger partial charge in [0.15, 0.2) is 6.61 Å². The predicted octanol–water partition coefficient (Wildman–Crippen LogP) is 2.09. The molecule has 2 atom stereocenters. The van der Waals surface area contributed by atoms with E-state index in [0.717, 1.165) is 16.6 Å². The van der Waals surface area contributed by atoms with Crippen LogP contribution in [0.3, 0.4) is 0 Å². The van der Waals surface area contributed by atoms with Crippen LogP contribution in [-0.4, -0.2) is 27.5 Å². The highest BCUT2D eigenvalue weighted by atomic mass is 16.5. The third-order valence-corrected chi connectivity index (χ3v) is 5.28. The summed E-state index contributed by atoms with van der Waals surface area (Å²) in [5, 5.41) is 0. The normalized spacial score (nSPS) is 12.9. The summed E-state index contributed by atoms with van der Waals surface area (Å²) in [5.41, 5.74) is 5.04. The monoisotopic (exact) mass is 415 g/mol. The molecule has 0 amide bonds. The van der Waals surface area contributed by atoms with Gasteiger partial charge in [-0.1, -0.05) is 57.5 Å². The maximum Gasteiger partial charge on any atom is 0.332 e. The molecule has 1 heterocycles. The number of carbonyl (C=O) groups excluding carboxylic acids is 2. The predicted molar refractivity (Wildman–Crippen MR) is 115 cm³/mol. The van der Waals surface area contributed by atoms with E-state index in [-0.39, 0.29) is 23.8 Å². The number of nitrogen functional groups attached to an aromatic ring is 1. The molecule has 8 nitrogen and oxygen atoms in total. The van der Waals surface area contributed by atoms with Gasteiger partial charge >= 0.3 is 11.7 Å². The topological polar surface area (TPSA) is 113 Å². The lowest BCUT2D eigenvalue weighted by atomic mass is 9.85. The molecule has 8 heteroatoms. The molecule has 1 aromatic carbocycles. The number of hydrogen-bond donors (Lipinski definition) is 1.